The Morgan fingerprint density at radius 1 is 1.00 bits per heavy atom. The molecule has 0 radical (unpaired) electrons. The van der Waals surface area contributed by atoms with E-state index >= 15 is 0 Å². The number of hydrogen-bond donors (Lipinski definition) is 1. The number of carbonyl (C=O) groups is 1. The normalized spacial score (nSPS) is 18.1. The molecule has 2 heterocycles. The number of rotatable bonds is 16. The fourth-order valence-corrected chi connectivity index (χ4v) is 5.36. The van der Waals surface area contributed by atoms with E-state index in [1.54, 1.807) is 23.1 Å². The number of hydrogen-bond acceptors (Lipinski definition) is 8. The molecule has 11 heteroatoms. The molecule has 0 bridgehead atoms. The van der Waals surface area contributed by atoms with Gasteiger partial charge in [0.25, 0.3) is 0 Å². The van der Waals surface area contributed by atoms with Gasteiger partial charge in [0.15, 0.2) is 0 Å². The standard InChI is InChI=1S/C30H42N2O8S/c1-30(2)38-22-25-19-24(12-13-27(25)40-30)28-20-32(29(33)39-28)14-7-5-4-6-8-15-36-16-17-37-21-23-10-9-11-26(18-23)31-41(3,34)35/h9-13,18-19,28,31H,4-8,14-17,20-22H2,1-3H3/t28-/m0/s1. The van der Waals surface area contributed by atoms with Crippen LogP contribution in [0.3, 0.4) is 0 Å². The van der Waals surface area contributed by atoms with Crippen molar-refractivity contribution in [3.05, 3.63) is 59.2 Å². The number of cyclic esters (lactones) is 1. The molecule has 0 saturated carbocycles. The van der Waals surface area contributed by atoms with Crippen LogP contribution < -0.4 is 9.46 Å². The van der Waals surface area contributed by atoms with Crippen molar-refractivity contribution >= 4 is 21.8 Å². The van der Waals surface area contributed by atoms with E-state index in [0.29, 0.717) is 51.8 Å². The highest BCUT2D eigenvalue weighted by Gasteiger charge is 2.33. The molecule has 0 aromatic heterocycles. The van der Waals surface area contributed by atoms with Crippen molar-refractivity contribution in [1.29, 1.82) is 0 Å². The second-order valence-corrected chi connectivity index (χ2v) is 12.7. The molecule has 1 atom stereocenters. The summed E-state index contributed by atoms with van der Waals surface area (Å²) in [5.74, 6) is 0.181. The van der Waals surface area contributed by atoms with Crippen molar-refractivity contribution in [3.63, 3.8) is 0 Å². The number of anilines is 1. The maximum Gasteiger partial charge on any atom is 0.410 e. The smallest absolute Gasteiger partial charge is 0.410 e. The summed E-state index contributed by atoms with van der Waals surface area (Å²) in [7, 11) is -3.30. The van der Waals surface area contributed by atoms with Gasteiger partial charge in [-0.3, -0.25) is 4.72 Å². The summed E-state index contributed by atoms with van der Waals surface area (Å²) >= 11 is 0. The average Bonchev–Trinajstić information content (AvgIpc) is 3.28. The predicted molar refractivity (Wildman–Crippen MR) is 155 cm³/mol. The number of sulfonamides is 1. The third-order valence-corrected chi connectivity index (χ3v) is 7.47. The topological polar surface area (TPSA) is 113 Å². The number of fused-ring (bicyclic) bond motifs is 1. The predicted octanol–water partition coefficient (Wildman–Crippen LogP) is 5.38. The van der Waals surface area contributed by atoms with Crippen molar-refractivity contribution in [2.75, 3.05) is 43.9 Å². The summed E-state index contributed by atoms with van der Waals surface area (Å²) in [6.07, 6.45) is 5.73. The minimum Gasteiger partial charge on any atom is -0.463 e. The average molecular weight is 591 g/mol. The number of nitrogens with one attached hydrogen (secondary N) is 1. The van der Waals surface area contributed by atoms with Crippen LogP contribution in [0.2, 0.25) is 0 Å². The van der Waals surface area contributed by atoms with Crippen LogP contribution in [0.1, 0.15) is 68.7 Å². The molecule has 0 spiro atoms. The molecule has 2 aliphatic heterocycles. The summed E-state index contributed by atoms with van der Waals surface area (Å²) in [6.45, 7) is 7.58. The molecule has 2 aromatic carbocycles. The van der Waals surface area contributed by atoms with Crippen molar-refractivity contribution in [1.82, 2.24) is 4.90 Å². The van der Waals surface area contributed by atoms with Gasteiger partial charge in [-0.25, -0.2) is 13.2 Å². The maximum atomic E-state index is 12.4. The molecule has 2 aromatic rings. The first-order valence-corrected chi connectivity index (χ1v) is 16.1. The van der Waals surface area contributed by atoms with Crippen molar-refractivity contribution < 1.29 is 36.9 Å². The maximum absolute atomic E-state index is 12.4. The summed E-state index contributed by atoms with van der Waals surface area (Å²) in [4.78, 5) is 14.2. The van der Waals surface area contributed by atoms with Gasteiger partial charge < -0.3 is 28.6 Å². The van der Waals surface area contributed by atoms with Crippen LogP contribution >= 0.6 is 0 Å². The number of amides is 1. The largest absolute Gasteiger partial charge is 0.463 e. The SMILES string of the molecule is CC1(C)OCc2cc([C@@H]3CN(CCCCCCCOCCOCc4cccc(NS(C)(=O)=O)c4)C(=O)O3)ccc2O1. The lowest BCUT2D eigenvalue weighted by Gasteiger charge is -2.32. The Morgan fingerprint density at radius 2 is 1.78 bits per heavy atom. The van der Waals surface area contributed by atoms with Gasteiger partial charge in [0.2, 0.25) is 15.8 Å². The zero-order chi connectivity index (χ0) is 29.3. The molecule has 1 saturated heterocycles. The molecule has 0 unspecified atom stereocenters. The van der Waals surface area contributed by atoms with E-state index < -0.39 is 15.8 Å². The number of benzene rings is 2. The van der Waals surface area contributed by atoms with Gasteiger partial charge in [-0.15, -0.1) is 0 Å². The molecular weight excluding hydrogens is 548 g/mol. The van der Waals surface area contributed by atoms with E-state index in [0.717, 1.165) is 60.8 Å². The van der Waals surface area contributed by atoms with Crippen LogP contribution in [0.15, 0.2) is 42.5 Å². The number of carbonyl (C=O) groups excluding carboxylic acids is 1. The Balaban J connectivity index is 1.01. The van der Waals surface area contributed by atoms with E-state index in [1.807, 2.05) is 38.1 Å². The van der Waals surface area contributed by atoms with E-state index in [4.69, 9.17) is 23.7 Å². The first-order chi connectivity index (χ1) is 19.6. The second-order valence-electron chi connectivity index (χ2n) is 11.0. The van der Waals surface area contributed by atoms with Crippen LogP contribution in [-0.2, 0) is 42.2 Å². The van der Waals surface area contributed by atoms with Gasteiger partial charge in [-0.1, -0.05) is 37.5 Å². The second kappa shape index (κ2) is 14.4. The highest BCUT2D eigenvalue weighted by Crippen LogP contribution is 2.35. The van der Waals surface area contributed by atoms with Gasteiger partial charge in [-0.05, 0) is 48.2 Å². The summed E-state index contributed by atoms with van der Waals surface area (Å²) in [6, 6.07) is 13.1. The Labute approximate surface area is 243 Å². The van der Waals surface area contributed by atoms with Crippen molar-refractivity contribution in [2.24, 2.45) is 0 Å². The third kappa shape index (κ3) is 10.2. The zero-order valence-electron chi connectivity index (χ0n) is 24.2. The third-order valence-electron chi connectivity index (χ3n) is 6.86. The minimum atomic E-state index is -3.30. The van der Waals surface area contributed by atoms with Crippen molar-refractivity contribution in [3.8, 4) is 5.75 Å². The first-order valence-electron chi connectivity index (χ1n) is 14.2. The molecule has 1 fully saturated rings. The molecule has 226 valence electrons. The molecule has 2 aliphatic rings. The lowest BCUT2D eigenvalue weighted by atomic mass is 10.0. The molecule has 0 aliphatic carbocycles. The quantitative estimate of drug-likeness (QED) is 0.259. The summed E-state index contributed by atoms with van der Waals surface area (Å²) in [5.41, 5.74) is 3.35. The zero-order valence-corrected chi connectivity index (χ0v) is 25.0. The Hall–Kier alpha value is -2.86. The fourth-order valence-electron chi connectivity index (χ4n) is 4.81. The monoisotopic (exact) mass is 590 g/mol. The molecule has 41 heavy (non-hydrogen) atoms. The van der Waals surface area contributed by atoms with Crippen LogP contribution in [-0.4, -0.2) is 64.4 Å². The van der Waals surface area contributed by atoms with Gasteiger partial charge in [-0.2, -0.15) is 0 Å². The highest BCUT2D eigenvalue weighted by atomic mass is 32.2. The lowest BCUT2D eigenvalue weighted by Crippen LogP contribution is -2.35. The van der Waals surface area contributed by atoms with Gasteiger partial charge >= 0.3 is 6.09 Å². The van der Waals surface area contributed by atoms with E-state index in [9.17, 15) is 13.2 Å². The van der Waals surface area contributed by atoms with Crippen LogP contribution in [0.4, 0.5) is 10.5 Å². The first kappa shape index (κ1) is 31.1. The van der Waals surface area contributed by atoms with Crippen LogP contribution in [0, 0.1) is 0 Å². The molecular formula is C30H42N2O8S. The van der Waals surface area contributed by atoms with E-state index in [2.05, 4.69) is 4.72 Å². The summed E-state index contributed by atoms with van der Waals surface area (Å²) in [5, 5.41) is 0. The van der Waals surface area contributed by atoms with Crippen molar-refractivity contribution in [2.45, 2.75) is 71.1 Å². The Kier molecular flexibility index (Phi) is 10.9. The lowest BCUT2D eigenvalue weighted by molar-refractivity contribution is -0.180. The van der Waals surface area contributed by atoms with E-state index in [-0.39, 0.29) is 12.2 Å². The fraction of sp³-hybridized carbons (Fsp3) is 0.567. The number of unbranched alkanes of at least 4 members (excludes halogenated alkanes) is 4. The highest BCUT2D eigenvalue weighted by molar-refractivity contribution is 7.92. The Morgan fingerprint density at radius 3 is 2.61 bits per heavy atom. The number of ether oxygens (including phenoxy) is 5. The van der Waals surface area contributed by atoms with E-state index in [1.165, 1.54) is 0 Å². The molecule has 1 N–H and O–H groups in total. The minimum absolute atomic E-state index is 0.254. The summed E-state index contributed by atoms with van der Waals surface area (Å²) < 4.78 is 53.7. The molecule has 4 rings (SSSR count). The van der Waals surface area contributed by atoms with Crippen LogP contribution in [0.25, 0.3) is 0 Å². The number of nitrogens with zero attached hydrogens (tertiary/aromatic N) is 1. The Bertz CT molecular complexity index is 1270. The van der Waals surface area contributed by atoms with Crippen LogP contribution in [0.5, 0.6) is 5.75 Å². The van der Waals surface area contributed by atoms with Gasteiger partial charge in [0.1, 0.15) is 11.9 Å². The van der Waals surface area contributed by atoms with Gasteiger partial charge in [0.05, 0.1) is 39.2 Å². The van der Waals surface area contributed by atoms with Gasteiger partial charge in [0, 0.05) is 38.2 Å². The molecule has 1 amide bonds. The molecule has 10 nitrogen and oxygen atoms in total.